The van der Waals surface area contributed by atoms with Crippen LogP contribution < -0.4 is 21.5 Å². The molecule has 1 unspecified atom stereocenters. The van der Waals surface area contributed by atoms with Crippen molar-refractivity contribution in [1.29, 1.82) is 0 Å². The van der Waals surface area contributed by atoms with Gasteiger partial charge in [-0.05, 0) is 25.0 Å². The number of rotatable bonds is 5. The molecule has 14 heteroatoms. The van der Waals surface area contributed by atoms with Gasteiger partial charge in [0.15, 0.2) is 11.2 Å². The van der Waals surface area contributed by atoms with E-state index in [2.05, 4.69) is 4.98 Å². The first-order valence-corrected chi connectivity index (χ1v) is 11.5. The van der Waals surface area contributed by atoms with Crippen LogP contribution in [0.5, 0.6) is 0 Å². The van der Waals surface area contributed by atoms with Crippen LogP contribution in [0.1, 0.15) is 18.4 Å². The molecule has 1 N–H and O–H groups in total. The summed E-state index contributed by atoms with van der Waals surface area (Å²) in [4.78, 5) is 44.2. The minimum atomic E-state index is -4.54. The van der Waals surface area contributed by atoms with Crippen LogP contribution in [0.15, 0.2) is 27.8 Å². The number of halogens is 5. The van der Waals surface area contributed by atoms with Crippen LogP contribution in [0.25, 0.3) is 11.2 Å². The van der Waals surface area contributed by atoms with E-state index in [0.29, 0.717) is 19.4 Å². The molecule has 0 saturated carbocycles. The summed E-state index contributed by atoms with van der Waals surface area (Å²) in [6, 6.07) is 4.15. The Morgan fingerprint density at radius 3 is 2.61 bits per heavy atom. The van der Waals surface area contributed by atoms with Crippen molar-refractivity contribution in [1.82, 2.24) is 24.0 Å². The summed E-state index contributed by atoms with van der Waals surface area (Å²) in [7, 11) is 2.74. The Hall–Kier alpha value is -3.35. The van der Waals surface area contributed by atoms with Gasteiger partial charge in [0.25, 0.3) is 5.56 Å². The summed E-state index contributed by atoms with van der Waals surface area (Å²) in [5.41, 5.74) is -1.11. The van der Waals surface area contributed by atoms with Crippen LogP contribution in [-0.2, 0) is 25.4 Å². The third kappa shape index (κ3) is 4.84. The Morgan fingerprint density at radius 1 is 1.22 bits per heavy atom. The maximum absolute atomic E-state index is 14.7. The summed E-state index contributed by atoms with van der Waals surface area (Å²) in [6.45, 7) is -1.24. The number of fused-ring (bicyclic) bond motifs is 1. The molecule has 4 rings (SSSR count). The smallest absolute Gasteiger partial charge is 0.347 e. The van der Waals surface area contributed by atoms with Crippen LogP contribution in [0, 0.1) is 11.7 Å². The van der Waals surface area contributed by atoms with Crippen molar-refractivity contribution >= 4 is 34.6 Å². The van der Waals surface area contributed by atoms with Gasteiger partial charge in [-0.15, -0.1) is 0 Å². The number of nitrogens with one attached hydrogen (secondary N) is 1. The molecule has 1 aromatic carbocycles. The number of amides is 1. The summed E-state index contributed by atoms with van der Waals surface area (Å²) in [5.74, 6) is -1.95. The van der Waals surface area contributed by atoms with E-state index in [4.69, 9.17) is 11.6 Å². The van der Waals surface area contributed by atoms with Gasteiger partial charge in [-0.25, -0.2) is 9.18 Å². The number of carbonyl (C=O) groups is 1. The number of aryl methyl sites for hydroxylation is 1. The number of aromatic nitrogens is 4. The first-order valence-electron chi connectivity index (χ1n) is 11.1. The summed E-state index contributed by atoms with van der Waals surface area (Å²) >= 11 is 6.23. The molecule has 1 fully saturated rings. The molecule has 0 bridgehead atoms. The van der Waals surface area contributed by atoms with Gasteiger partial charge in [0.05, 0.1) is 12.5 Å². The molecule has 3 aromatic rings. The van der Waals surface area contributed by atoms with Crippen LogP contribution >= 0.6 is 11.6 Å². The van der Waals surface area contributed by atoms with Gasteiger partial charge >= 0.3 is 11.9 Å². The lowest BCUT2D eigenvalue weighted by Crippen LogP contribution is -2.46. The molecule has 1 saturated heterocycles. The molecular formula is C22H23ClF4N6O3. The number of piperidine rings is 1. The Bertz CT molecular complexity index is 1420. The van der Waals surface area contributed by atoms with Gasteiger partial charge in [-0.2, -0.15) is 18.2 Å². The van der Waals surface area contributed by atoms with E-state index in [0.717, 1.165) is 4.57 Å². The molecule has 3 heterocycles. The molecule has 36 heavy (non-hydrogen) atoms. The topological polar surface area (TPSA) is 94.2 Å². The predicted molar refractivity (Wildman–Crippen MR) is 125 cm³/mol. The van der Waals surface area contributed by atoms with E-state index < -0.39 is 41.6 Å². The molecule has 194 valence electrons. The van der Waals surface area contributed by atoms with Crippen molar-refractivity contribution < 1.29 is 22.4 Å². The molecule has 1 atom stereocenters. The van der Waals surface area contributed by atoms with Crippen LogP contribution in [0.2, 0.25) is 5.02 Å². The highest BCUT2D eigenvalue weighted by atomic mass is 35.5. The number of hydrogen-bond donors (Lipinski definition) is 1. The number of benzene rings is 1. The Labute approximate surface area is 206 Å². The standard InChI is InChI=1S/C22H23ClF4N6O3/c1-30-17-16(19(35)31(2)21(30)36)33(10-13-14(23)6-3-7-15(13)24)20(29-17)32-8-4-5-12(9-32)18(34)28-11-22(25,26)27/h3,6-7,12H,4-5,8-11H2,1-2H3,(H,28,34). The third-order valence-corrected chi connectivity index (χ3v) is 6.60. The van der Waals surface area contributed by atoms with E-state index in [1.165, 1.54) is 41.4 Å². The number of alkyl halides is 3. The highest BCUT2D eigenvalue weighted by molar-refractivity contribution is 6.31. The fraction of sp³-hybridized carbons (Fsp3) is 0.455. The minimum Gasteiger partial charge on any atom is -0.347 e. The summed E-state index contributed by atoms with van der Waals surface area (Å²) < 4.78 is 55.9. The SMILES string of the molecule is Cn1c(=O)c2c(nc(N3CCCC(C(=O)NCC(F)(F)F)C3)n2Cc2c(F)cccc2Cl)n(C)c1=O. The zero-order chi connectivity index (χ0) is 26.4. The van der Waals surface area contributed by atoms with Gasteiger partial charge in [0, 0.05) is 37.8 Å². The molecule has 2 aromatic heterocycles. The Morgan fingerprint density at radius 2 is 1.94 bits per heavy atom. The monoisotopic (exact) mass is 530 g/mol. The largest absolute Gasteiger partial charge is 0.405 e. The van der Waals surface area contributed by atoms with Gasteiger partial charge in [-0.1, -0.05) is 17.7 Å². The Kier molecular flexibility index (Phi) is 6.86. The second-order valence-corrected chi connectivity index (χ2v) is 9.10. The first kappa shape index (κ1) is 25.7. The fourth-order valence-corrected chi connectivity index (χ4v) is 4.59. The average Bonchev–Trinajstić information content (AvgIpc) is 3.21. The number of carbonyl (C=O) groups excluding carboxylic acids is 1. The molecule has 1 aliphatic rings. The maximum Gasteiger partial charge on any atom is 0.405 e. The van der Waals surface area contributed by atoms with Crippen molar-refractivity contribution in [2.24, 2.45) is 20.0 Å². The predicted octanol–water partition coefficient (Wildman–Crippen LogP) is 2.17. The second-order valence-electron chi connectivity index (χ2n) is 8.69. The molecule has 1 aliphatic heterocycles. The summed E-state index contributed by atoms with van der Waals surface area (Å²) in [6.07, 6.45) is -3.72. The average molecular weight is 531 g/mol. The van der Waals surface area contributed by atoms with E-state index in [1.807, 2.05) is 5.32 Å². The number of anilines is 1. The molecule has 0 radical (unpaired) electrons. The normalized spacial score (nSPS) is 16.5. The van der Waals surface area contributed by atoms with Gasteiger partial charge in [-0.3, -0.25) is 23.3 Å². The lowest BCUT2D eigenvalue weighted by molar-refractivity contribution is -0.140. The van der Waals surface area contributed by atoms with E-state index >= 15 is 0 Å². The number of hydrogen-bond acceptors (Lipinski definition) is 5. The van der Waals surface area contributed by atoms with Crippen LogP contribution in [0.3, 0.4) is 0 Å². The quantitative estimate of drug-likeness (QED) is 0.510. The number of nitrogens with zero attached hydrogens (tertiary/aromatic N) is 5. The Balaban J connectivity index is 1.80. The number of imidazole rings is 1. The molecule has 1 amide bonds. The fourth-order valence-electron chi connectivity index (χ4n) is 4.37. The van der Waals surface area contributed by atoms with Crippen molar-refractivity contribution in [3.63, 3.8) is 0 Å². The van der Waals surface area contributed by atoms with Crippen LogP contribution in [0.4, 0.5) is 23.5 Å². The lowest BCUT2D eigenvalue weighted by atomic mass is 9.97. The summed E-state index contributed by atoms with van der Waals surface area (Å²) in [5, 5.41) is 2.03. The van der Waals surface area contributed by atoms with Crippen molar-refractivity contribution in [3.05, 3.63) is 55.4 Å². The van der Waals surface area contributed by atoms with Crippen LogP contribution in [-0.4, -0.2) is 50.4 Å². The molecular weight excluding hydrogens is 508 g/mol. The zero-order valence-electron chi connectivity index (χ0n) is 19.4. The van der Waals surface area contributed by atoms with Crippen molar-refractivity contribution in [3.8, 4) is 0 Å². The lowest BCUT2D eigenvalue weighted by Gasteiger charge is -2.33. The first-order chi connectivity index (χ1) is 16.9. The highest BCUT2D eigenvalue weighted by Gasteiger charge is 2.33. The maximum atomic E-state index is 14.7. The van der Waals surface area contributed by atoms with E-state index in [9.17, 15) is 31.9 Å². The van der Waals surface area contributed by atoms with E-state index in [1.54, 1.807) is 4.90 Å². The molecule has 9 nitrogen and oxygen atoms in total. The van der Waals surface area contributed by atoms with Crippen molar-refractivity contribution in [2.75, 3.05) is 24.5 Å². The molecule has 0 aliphatic carbocycles. The molecule has 0 spiro atoms. The van der Waals surface area contributed by atoms with Crippen molar-refractivity contribution in [2.45, 2.75) is 25.6 Å². The second kappa shape index (κ2) is 9.60. The minimum absolute atomic E-state index is 0.0201. The van der Waals surface area contributed by atoms with Gasteiger partial charge < -0.3 is 10.2 Å². The highest BCUT2D eigenvalue weighted by Crippen LogP contribution is 2.29. The zero-order valence-corrected chi connectivity index (χ0v) is 20.2. The van der Waals surface area contributed by atoms with E-state index in [-0.39, 0.29) is 40.8 Å². The van der Waals surface area contributed by atoms with Gasteiger partial charge in [0.2, 0.25) is 11.9 Å². The van der Waals surface area contributed by atoms with Gasteiger partial charge in [0.1, 0.15) is 12.4 Å². The third-order valence-electron chi connectivity index (χ3n) is 6.24.